The fraction of sp³-hybridized carbons (Fsp3) is 0.500. The van der Waals surface area contributed by atoms with Crippen molar-refractivity contribution < 1.29 is 57.2 Å². The molecule has 0 amide bonds. The van der Waals surface area contributed by atoms with E-state index in [-0.39, 0.29) is 32.5 Å². The first-order valence-electron chi connectivity index (χ1n) is 26.6. The van der Waals surface area contributed by atoms with Crippen molar-refractivity contribution in [2.75, 3.05) is 33.0 Å². The van der Waals surface area contributed by atoms with E-state index in [1.54, 1.807) is 72.8 Å². The highest BCUT2D eigenvalue weighted by atomic mass is 35.5. The number of unbranched alkanes of at least 4 members (excludes halogenated alkanes) is 18. The summed E-state index contributed by atoms with van der Waals surface area (Å²) in [7, 11) is 0. The molecule has 0 bridgehead atoms. The van der Waals surface area contributed by atoms with E-state index < -0.39 is 41.9 Å². The quantitative estimate of drug-likeness (QED) is 0.0229. The van der Waals surface area contributed by atoms with Gasteiger partial charge in [0, 0.05) is 34.3 Å². The predicted molar refractivity (Wildman–Crippen MR) is 297 cm³/mol. The highest BCUT2D eigenvalue weighted by Crippen LogP contribution is 2.21. The molecule has 0 unspecified atom stereocenters. The molecule has 0 heterocycles. The lowest BCUT2D eigenvalue weighted by Crippen LogP contribution is -2.30. The van der Waals surface area contributed by atoms with Crippen molar-refractivity contribution in [3.8, 4) is 0 Å². The molecular formula is C60H77Cl3O12. The summed E-state index contributed by atoms with van der Waals surface area (Å²) in [5.41, 5.74) is 2.90. The number of rotatable bonds is 41. The standard InChI is InChI=1S/C60H77Cl3O12/c1-45(48-28-34-51(61)35-29-48)58(67)70-40-22-16-10-4-7-13-19-25-55(64)73-43-54(75-57(66)27-21-15-9-6-12-18-24-42-72-60(69)47(3)50-32-38-53(63)39-33-50)44-74-56(65)26-20-14-8-5-11-17-23-41-71-59(68)46(2)49-30-36-52(62)37-31-49/h28-39,54H,1-27,40-44H2. The van der Waals surface area contributed by atoms with Gasteiger partial charge in [-0.05, 0) is 91.6 Å². The summed E-state index contributed by atoms with van der Waals surface area (Å²) in [5.74, 6) is -2.60. The topological polar surface area (TPSA) is 158 Å². The van der Waals surface area contributed by atoms with Gasteiger partial charge in [0.15, 0.2) is 6.10 Å². The molecule has 3 aromatic rings. The lowest BCUT2D eigenvalue weighted by Gasteiger charge is -2.18. The summed E-state index contributed by atoms with van der Waals surface area (Å²) >= 11 is 17.8. The molecule has 0 aliphatic carbocycles. The molecule has 15 heteroatoms. The van der Waals surface area contributed by atoms with Crippen LogP contribution in [0.4, 0.5) is 0 Å². The third kappa shape index (κ3) is 29.5. The largest absolute Gasteiger partial charge is 0.462 e. The second-order valence-electron chi connectivity index (χ2n) is 18.5. The first-order chi connectivity index (χ1) is 36.2. The number of benzene rings is 3. The van der Waals surface area contributed by atoms with Gasteiger partial charge in [-0.25, -0.2) is 14.4 Å². The van der Waals surface area contributed by atoms with Crippen LogP contribution < -0.4 is 0 Å². The summed E-state index contributed by atoms with van der Waals surface area (Å²) in [6, 6.07) is 20.6. The predicted octanol–water partition coefficient (Wildman–Crippen LogP) is 15.1. The number of carbonyl (C=O) groups excluding carboxylic acids is 6. The summed E-state index contributed by atoms with van der Waals surface area (Å²) in [6.45, 7) is 12.0. The average Bonchev–Trinajstić information content (AvgIpc) is 3.40. The van der Waals surface area contributed by atoms with Gasteiger partial charge in [0.2, 0.25) is 0 Å². The summed E-state index contributed by atoms with van der Waals surface area (Å²) in [4.78, 5) is 75.2. The smallest absolute Gasteiger partial charge is 0.338 e. The average molecular weight is 1100 g/mol. The van der Waals surface area contributed by atoms with E-state index in [1.165, 1.54) is 0 Å². The molecule has 75 heavy (non-hydrogen) atoms. The van der Waals surface area contributed by atoms with Crippen LogP contribution in [0.1, 0.15) is 171 Å². The molecule has 0 spiro atoms. The highest BCUT2D eigenvalue weighted by molar-refractivity contribution is 6.31. The Morgan fingerprint density at radius 3 is 0.853 bits per heavy atom. The van der Waals surface area contributed by atoms with Crippen molar-refractivity contribution in [3.63, 3.8) is 0 Å². The summed E-state index contributed by atoms with van der Waals surface area (Å²) in [5, 5.41) is 1.74. The Balaban J connectivity index is 1.27. The van der Waals surface area contributed by atoms with Gasteiger partial charge in [0.05, 0.1) is 36.5 Å². The highest BCUT2D eigenvalue weighted by Gasteiger charge is 2.20. The van der Waals surface area contributed by atoms with Gasteiger partial charge in [-0.1, -0.05) is 187 Å². The third-order valence-corrected chi connectivity index (χ3v) is 13.0. The fourth-order valence-corrected chi connectivity index (χ4v) is 8.08. The molecule has 0 saturated heterocycles. The van der Waals surface area contributed by atoms with Gasteiger partial charge in [-0.15, -0.1) is 0 Å². The minimum Gasteiger partial charge on any atom is -0.462 e. The molecule has 0 fully saturated rings. The first-order valence-corrected chi connectivity index (χ1v) is 27.7. The van der Waals surface area contributed by atoms with Gasteiger partial charge in [-0.2, -0.15) is 0 Å². The monoisotopic (exact) mass is 1090 g/mol. The minimum absolute atomic E-state index is 0.183. The maximum Gasteiger partial charge on any atom is 0.338 e. The Morgan fingerprint density at radius 1 is 0.333 bits per heavy atom. The van der Waals surface area contributed by atoms with Crippen LogP contribution in [0.5, 0.6) is 0 Å². The van der Waals surface area contributed by atoms with E-state index in [0.29, 0.717) is 87.6 Å². The number of carbonyl (C=O) groups is 6. The van der Waals surface area contributed by atoms with Crippen LogP contribution in [0.2, 0.25) is 15.1 Å². The molecule has 0 aliphatic heterocycles. The molecule has 12 nitrogen and oxygen atoms in total. The van der Waals surface area contributed by atoms with Gasteiger partial charge in [-0.3, -0.25) is 14.4 Å². The Morgan fingerprint density at radius 2 is 0.573 bits per heavy atom. The van der Waals surface area contributed by atoms with Crippen molar-refractivity contribution in [1.29, 1.82) is 0 Å². The van der Waals surface area contributed by atoms with Crippen LogP contribution in [-0.4, -0.2) is 75.0 Å². The Kier molecular flexibility index (Phi) is 33.2. The first kappa shape index (κ1) is 63.9. The van der Waals surface area contributed by atoms with Gasteiger partial charge < -0.3 is 28.4 Å². The second-order valence-corrected chi connectivity index (χ2v) is 19.8. The van der Waals surface area contributed by atoms with Crippen molar-refractivity contribution in [1.82, 2.24) is 0 Å². The maximum absolute atomic E-state index is 12.9. The van der Waals surface area contributed by atoms with E-state index in [0.717, 1.165) is 116 Å². The second kappa shape index (κ2) is 39.0. The van der Waals surface area contributed by atoms with E-state index in [4.69, 9.17) is 63.2 Å². The molecule has 0 aliphatic rings. The Bertz CT molecular complexity index is 2120. The van der Waals surface area contributed by atoms with E-state index in [9.17, 15) is 28.8 Å². The molecule has 0 atom stereocenters. The molecule has 0 aromatic heterocycles. The van der Waals surface area contributed by atoms with Crippen LogP contribution in [0, 0.1) is 0 Å². The van der Waals surface area contributed by atoms with Crippen molar-refractivity contribution >= 4 is 87.3 Å². The van der Waals surface area contributed by atoms with E-state index in [2.05, 4.69) is 19.7 Å². The fourth-order valence-electron chi connectivity index (χ4n) is 7.71. The molecule has 0 saturated carbocycles. The van der Waals surface area contributed by atoms with Crippen LogP contribution in [0.25, 0.3) is 16.7 Å². The number of esters is 6. The van der Waals surface area contributed by atoms with E-state index >= 15 is 0 Å². The number of ether oxygens (including phenoxy) is 6. The van der Waals surface area contributed by atoms with E-state index in [1.807, 2.05) is 0 Å². The maximum atomic E-state index is 12.9. The van der Waals surface area contributed by atoms with Crippen LogP contribution in [-0.2, 0) is 57.2 Å². The lowest BCUT2D eigenvalue weighted by atomic mass is 10.1. The molecule has 3 rings (SSSR count). The SMILES string of the molecule is C=C(C(=O)OCCCCCCCCCC(=O)OCC(COC(=O)CCCCCCCCCOC(=O)C(=C)c1ccc(Cl)cc1)OC(=O)CCCCCCCCCOC(=O)C(=C)c1ccc(Cl)cc1)c1ccc(Cl)cc1. The lowest BCUT2D eigenvalue weighted by molar-refractivity contribution is -0.167. The zero-order chi connectivity index (χ0) is 54.5. The number of hydrogen-bond donors (Lipinski definition) is 0. The number of hydrogen-bond acceptors (Lipinski definition) is 12. The molecule has 3 aromatic carbocycles. The number of halogens is 3. The van der Waals surface area contributed by atoms with Gasteiger partial charge in [0.1, 0.15) is 13.2 Å². The summed E-state index contributed by atoms with van der Waals surface area (Å²) < 4.78 is 32.8. The normalized spacial score (nSPS) is 10.9. The molecule has 0 N–H and O–H groups in total. The van der Waals surface area contributed by atoms with Gasteiger partial charge >= 0.3 is 35.8 Å². The van der Waals surface area contributed by atoms with Crippen LogP contribution in [0.15, 0.2) is 92.5 Å². The van der Waals surface area contributed by atoms with Crippen LogP contribution >= 0.6 is 34.8 Å². The van der Waals surface area contributed by atoms with Crippen molar-refractivity contribution in [2.45, 2.75) is 160 Å². The zero-order valence-corrected chi connectivity index (χ0v) is 45.9. The zero-order valence-electron chi connectivity index (χ0n) is 43.7. The third-order valence-electron chi connectivity index (χ3n) is 12.3. The Labute approximate surface area is 459 Å². The minimum atomic E-state index is -0.924. The van der Waals surface area contributed by atoms with Crippen LogP contribution in [0.3, 0.4) is 0 Å². The molecule has 410 valence electrons. The molecule has 0 radical (unpaired) electrons. The van der Waals surface area contributed by atoms with Crippen molar-refractivity contribution in [2.24, 2.45) is 0 Å². The Hall–Kier alpha value is -5.43. The van der Waals surface area contributed by atoms with Gasteiger partial charge in [0.25, 0.3) is 0 Å². The van der Waals surface area contributed by atoms with Crippen molar-refractivity contribution in [3.05, 3.63) is 124 Å². The molecular weight excluding hydrogens is 1020 g/mol. The summed E-state index contributed by atoms with van der Waals surface area (Å²) in [6.07, 6.45) is 17.8.